The van der Waals surface area contributed by atoms with Gasteiger partial charge in [-0.1, -0.05) is 19.4 Å². The van der Waals surface area contributed by atoms with Crippen molar-refractivity contribution in [2.45, 2.75) is 51.6 Å². The summed E-state index contributed by atoms with van der Waals surface area (Å²) in [6, 6.07) is 0.443. The first kappa shape index (κ1) is 16.2. The minimum Gasteiger partial charge on any atom is -0.351 e. The molecule has 110 valence electrons. The number of hydrogen-bond acceptors (Lipinski definition) is 3. The molecule has 19 heavy (non-hydrogen) atoms. The average Bonchev–Trinajstić information content (AvgIpc) is 2.44. The van der Waals surface area contributed by atoms with Crippen LogP contribution in [0.4, 0.5) is 0 Å². The lowest BCUT2D eigenvalue weighted by atomic mass is 9.99. The summed E-state index contributed by atoms with van der Waals surface area (Å²) in [4.78, 5) is 14.4. The molecule has 0 bridgehead atoms. The fourth-order valence-electron chi connectivity index (χ4n) is 2.67. The number of piperidine rings is 1. The molecule has 1 rings (SSSR count). The molecular formula is C15H29N3O. The number of hydrogen-bond donors (Lipinski definition) is 2. The zero-order valence-corrected chi connectivity index (χ0v) is 12.5. The van der Waals surface area contributed by atoms with E-state index in [1.54, 1.807) is 6.08 Å². The molecule has 1 saturated heterocycles. The third-order valence-corrected chi connectivity index (χ3v) is 3.78. The number of rotatable bonds is 8. The molecule has 2 atom stereocenters. The van der Waals surface area contributed by atoms with Crippen LogP contribution >= 0.6 is 0 Å². The molecule has 1 heterocycles. The first-order chi connectivity index (χ1) is 9.20. The molecule has 4 nitrogen and oxygen atoms in total. The lowest BCUT2D eigenvalue weighted by Crippen LogP contribution is -2.54. The number of nitrogens with zero attached hydrogens (tertiary/aromatic N) is 1. The Bertz CT molecular complexity index is 281. The van der Waals surface area contributed by atoms with Crippen molar-refractivity contribution in [1.29, 1.82) is 0 Å². The van der Waals surface area contributed by atoms with Gasteiger partial charge in [-0.2, -0.15) is 0 Å². The van der Waals surface area contributed by atoms with Crippen LogP contribution in [0.1, 0.15) is 39.5 Å². The summed E-state index contributed by atoms with van der Waals surface area (Å²) in [7, 11) is 0. The molecule has 2 unspecified atom stereocenters. The maximum absolute atomic E-state index is 12.1. The van der Waals surface area contributed by atoms with E-state index in [4.69, 9.17) is 0 Å². The molecule has 0 spiro atoms. The zero-order valence-electron chi connectivity index (χ0n) is 12.5. The monoisotopic (exact) mass is 267 g/mol. The number of likely N-dealkylation sites (tertiary alicyclic amines) is 1. The van der Waals surface area contributed by atoms with Crippen molar-refractivity contribution in [3.05, 3.63) is 12.7 Å². The molecule has 4 heteroatoms. The summed E-state index contributed by atoms with van der Waals surface area (Å²) in [5.41, 5.74) is 0. The van der Waals surface area contributed by atoms with Gasteiger partial charge in [-0.15, -0.1) is 6.58 Å². The van der Waals surface area contributed by atoms with Crippen LogP contribution in [0.15, 0.2) is 12.7 Å². The van der Waals surface area contributed by atoms with Gasteiger partial charge in [0.25, 0.3) is 0 Å². The number of amides is 1. The molecule has 0 aromatic heterocycles. The van der Waals surface area contributed by atoms with E-state index in [0.29, 0.717) is 12.6 Å². The van der Waals surface area contributed by atoms with Crippen LogP contribution in [0.3, 0.4) is 0 Å². The van der Waals surface area contributed by atoms with Crippen LogP contribution in [0.25, 0.3) is 0 Å². The highest BCUT2D eigenvalue weighted by Crippen LogP contribution is 2.19. The van der Waals surface area contributed by atoms with Gasteiger partial charge in [0, 0.05) is 19.1 Å². The smallest absolute Gasteiger partial charge is 0.237 e. The maximum Gasteiger partial charge on any atom is 0.237 e. The van der Waals surface area contributed by atoms with Gasteiger partial charge in [-0.25, -0.2) is 0 Å². The fourth-order valence-corrected chi connectivity index (χ4v) is 2.67. The van der Waals surface area contributed by atoms with Gasteiger partial charge >= 0.3 is 0 Å². The van der Waals surface area contributed by atoms with Gasteiger partial charge in [0.15, 0.2) is 0 Å². The van der Waals surface area contributed by atoms with Crippen molar-refractivity contribution >= 4 is 5.91 Å². The molecule has 1 fully saturated rings. The molecule has 1 aliphatic rings. The number of carbonyl (C=O) groups is 1. The van der Waals surface area contributed by atoms with Crippen molar-refractivity contribution in [2.75, 3.05) is 26.2 Å². The minimum absolute atomic E-state index is 0.0475. The predicted molar refractivity (Wildman–Crippen MR) is 80.2 cm³/mol. The highest BCUT2D eigenvalue weighted by molar-refractivity contribution is 5.81. The Kier molecular flexibility index (Phi) is 7.75. The Morgan fingerprint density at radius 1 is 1.53 bits per heavy atom. The second-order valence-electron chi connectivity index (χ2n) is 5.30. The third-order valence-electron chi connectivity index (χ3n) is 3.78. The number of nitrogens with one attached hydrogen (secondary N) is 2. The van der Waals surface area contributed by atoms with Crippen molar-refractivity contribution in [1.82, 2.24) is 15.5 Å². The SMILES string of the molecule is C=CCNC(=O)C(C)N1CCCCC1CNCCC. The molecule has 1 amide bonds. The quantitative estimate of drug-likeness (QED) is 0.518. The van der Waals surface area contributed by atoms with Crippen molar-refractivity contribution < 1.29 is 4.79 Å². The molecular weight excluding hydrogens is 238 g/mol. The van der Waals surface area contributed by atoms with E-state index < -0.39 is 0 Å². The standard InChI is InChI=1S/C15H29N3O/c1-4-9-16-12-14-8-6-7-11-18(14)13(3)15(19)17-10-5-2/h5,13-14,16H,2,4,6-12H2,1,3H3,(H,17,19). The fraction of sp³-hybridized carbons (Fsp3) is 0.800. The molecule has 2 N–H and O–H groups in total. The zero-order chi connectivity index (χ0) is 14.1. The largest absolute Gasteiger partial charge is 0.351 e. The first-order valence-corrected chi connectivity index (χ1v) is 7.55. The molecule has 0 aliphatic carbocycles. The Morgan fingerprint density at radius 3 is 3.00 bits per heavy atom. The lowest BCUT2D eigenvalue weighted by molar-refractivity contribution is -0.127. The molecule has 0 aromatic carbocycles. The van der Waals surface area contributed by atoms with E-state index in [-0.39, 0.29) is 11.9 Å². The lowest BCUT2D eigenvalue weighted by Gasteiger charge is -2.39. The van der Waals surface area contributed by atoms with Crippen LogP contribution < -0.4 is 10.6 Å². The summed E-state index contributed by atoms with van der Waals surface area (Å²) in [5.74, 6) is 0.113. The Morgan fingerprint density at radius 2 is 2.32 bits per heavy atom. The second kappa shape index (κ2) is 9.10. The summed E-state index contributed by atoms with van der Waals surface area (Å²) < 4.78 is 0. The van der Waals surface area contributed by atoms with Gasteiger partial charge in [0.1, 0.15) is 0 Å². The van der Waals surface area contributed by atoms with Crippen LogP contribution in [0.5, 0.6) is 0 Å². The highest BCUT2D eigenvalue weighted by atomic mass is 16.2. The normalized spacial score (nSPS) is 21.9. The van der Waals surface area contributed by atoms with Gasteiger partial charge in [0.05, 0.1) is 6.04 Å². The molecule has 0 aromatic rings. The first-order valence-electron chi connectivity index (χ1n) is 7.55. The highest BCUT2D eigenvalue weighted by Gasteiger charge is 2.29. The van der Waals surface area contributed by atoms with Crippen molar-refractivity contribution in [3.63, 3.8) is 0 Å². The van der Waals surface area contributed by atoms with E-state index in [1.165, 1.54) is 19.3 Å². The molecule has 0 saturated carbocycles. The van der Waals surface area contributed by atoms with E-state index in [1.807, 2.05) is 6.92 Å². The van der Waals surface area contributed by atoms with Crippen molar-refractivity contribution in [2.24, 2.45) is 0 Å². The van der Waals surface area contributed by atoms with E-state index >= 15 is 0 Å². The average molecular weight is 267 g/mol. The number of carbonyl (C=O) groups excluding carboxylic acids is 1. The van der Waals surface area contributed by atoms with Gasteiger partial charge in [0.2, 0.25) is 5.91 Å². The van der Waals surface area contributed by atoms with E-state index in [2.05, 4.69) is 29.0 Å². The van der Waals surface area contributed by atoms with Crippen molar-refractivity contribution in [3.8, 4) is 0 Å². The van der Waals surface area contributed by atoms with Crippen LogP contribution in [0, 0.1) is 0 Å². The van der Waals surface area contributed by atoms with Crippen LogP contribution in [-0.2, 0) is 4.79 Å². The Balaban J connectivity index is 2.49. The van der Waals surface area contributed by atoms with E-state index in [0.717, 1.165) is 26.1 Å². The topological polar surface area (TPSA) is 44.4 Å². The second-order valence-corrected chi connectivity index (χ2v) is 5.30. The van der Waals surface area contributed by atoms with Crippen LogP contribution in [-0.4, -0.2) is 49.1 Å². The van der Waals surface area contributed by atoms with Gasteiger partial charge < -0.3 is 10.6 Å². The van der Waals surface area contributed by atoms with Gasteiger partial charge in [-0.3, -0.25) is 9.69 Å². The summed E-state index contributed by atoms with van der Waals surface area (Å²) in [6.45, 7) is 11.4. The maximum atomic E-state index is 12.1. The van der Waals surface area contributed by atoms with Crippen LogP contribution in [0.2, 0.25) is 0 Å². The molecule has 1 aliphatic heterocycles. The third kappa shape index (κ3) is 5.33. The molecule has 0 radical (unpaired) electrons. The summed E-state index contributed by atoms with van der Waals surface area (Å²) in [5, 5.41) is 6.38. The Hall–Kier alpha value is -0.870. The Labute approximate surface area is 117 Å². The summed E-state index contributed by atoms with van der Waals surface area (Å²) >= 11 is 0. The predicted octanol–water partition coefficient (Wildman–Crippen LogP) is 1.53. The minimum atomic E-state index is -0.0475. The summed E-state index contributed by atoms with van der Waals surface area (Å²) in [6.07, 6.45) is 6.54. The van der Waals surface area contributed by atoms with Gasteiger partial charge in [-0.05, 0) is 39.3 Å². The van der Waals surface area contributed by atoms with E-state index in [9.17, 15) is 4.79 Å².